The zero-order valence-corrected chi connectivity index (χ0v) is 15.4. The molecular weight excluding hydrogens is 344 g/mol. The molecule has 1 aliphatic rings. The Bertz CT molecular complexity index is 914. The highest BCUT2D eigenvalue weighted by Gasteiger charge is 2.26. The summed E-state index contributed by atoms with van der Waals surface area (Å²) in [5.74, 6) is 1.38. The van der Waals surface area contributed by atoms with Crippen LogP contribution in [0.15, 0.2) is 53.9 Å². The zero-order chi connectivity index (χ0) is 17.9. The Hall–Kier alpha value is -2.66. The summed E-state index contributed by atoms with van der Waals surface area (Å²) in [5, 5.41) is 6.28. The molecule has 1 saturated carbocycles. The molecule has 26 heavy (non-hydrogen) atoms. The maximum absolute atomic E-state index is 12.4. The Morgan fingerprint density at radius 1 is 1.23 bits per heavy atom. The molecule has 0 atom stereocenters. The van der Waals surface area contributed by atoms with Crippen molar-refractivity contribution in [1.82, 2.24) is 10.3 Å². The first-order valence-corrected chi connectivity index (χ1v) is 9.58. The number of carbonyl (C=O) groups excluding carboxylic acids is 1. The normalized spacial score (nSPS) is 13.4. The summed E-state index contributed by atoms with van der Waals surface area (Å²) < 4.78 is 5.20. The molecule has 132 valence electrons. The molecule has 1 heterocycles. The summed E-state index contributed by atoms with van der Waals surface area (Å²) in [6.07, 6.45) is 2.53. The molecule has 2 aromatic carbocycles. The zero-order valence-electron chi connectivity index (χ0n) is 14.6. The van der Waals surface area contributed by atoms with Crippen LogP contribution in [-0.2, 0) is 6.54 Å². The van der Waals surface area contributed by atoms with E-state index in [1.54, 1.807) is 18.4 Å². The van der Waals surface area contributed by atoms with Gasteiger partial charge in [-0.1, -0.05) is 24.3 Å². The molecule has 1 fully saturated rings. The van der Waals surface area contributed by atoms with E-state index in [9.17, 15) is 4.79 Å². The highest BCUT2D eigenvalue weighted by atomic mass is 32.1. The maximum Gasteiger partial charge on any atom is 0.251 e. The molecule has 1 N–H and O–H groups in total. The van der Waals surface area contributed by atoms with Crippen molar-refractivity contribution < 1.29 is 9.53 Å². The number of nitrogens with one attached hydrogen (secondary N) is 1. The third-order valence-electron chi connectivity index (χ3n) is 4.48. The fourth-order valence-electron chi connectivity index (χ4n) is 2.80. The van der Waals surface area contributed by atoms with Crippen LogP contribution >= 0.6 is 11.3 Å². The van der Waals surface area contributed by atoms with E-state index < -0.39 is 0 Å². The molecule has 1 aromatic heterocycles. The molecule has 0 unspecified atom stereocenters. The first-order chi connectivity index (χ1) is 12.7. The molecule has 4 nitrogen and oxygen atoms in total. The van der Waals surface area contributed by atoms with Gasteiger partial charge in [0, 0.05) is 29.0 Å². The van der Waals surface area contributed by atoms with Crippen molar-refractivity contribution in [3.63, 3.8) is 0 Å². The van der Waals surface area contributed by atoms with Gasteiger partial charge in [-0.25, -0.2) is 4.98 Å². The predicted molar refractivity (Wildman–Crippen MR) is 104 cm³/mol. The van der Waals surface area contributed by atoms with Crippen LogP contribution in [-0.4, -0.2) is 18.0 Å². The summed E-state index contributed by atoms with van der Waals surface area (Å²) in [5.41, 5.74) is 3.71. The van der Waals surface area contributed by atoms with Gasteiger partial charge in [0.25, 0.3) is 5.91 Å². The summed E-state index contributed by atoms with van der Waals surface area (Å²) in [7, 11) is 1.63. The third-order valence-corrected chi connectivity index (χ3v) is 5.49. The maximum atomic E-state index is 12.4. The third kappa shape index (κ3) is 3.78. The summed E-state index contributed by atoms with van der Waals surface area (Å²) in [4.78, 5) is 17.1. The van der Waals surface area contributed by atoms with Gasteiger partial charge in [-0.3, -0.25) is 4.79 Å². The first-order valence-electron chi connectivity index (χ1n) is 8.70. The second-order valence-corrected chi connectivity index (χ2v) is 7.35. The number of hydrogen-bond donors (Lipinski definition) is 1. The Labute approximate surface area is 156 Å². The SMILES string of the molecule is COc1cccc(CNC(=O)c2ccc(-c3csc(C4CC4)n3)cc2)c1. The number of thiazole rings is 1. The standard InChI is InChI=1S/C21H20N2O2S/c1-25-18-4-2-3-14(11-18)12-22-20(24)16-7-5-15(6-8-16)19-13-26-21(23-19)17-9-10-17/h2-8,11,13,17H,9-10,12H2,1H3,(H,22,24). The van der Waals surface area contributed by atoms with Crippen LogP contribution in [0.3, 0.4) is 0 Å². The Morgan fingerprint density at radius 2 is 2.04 bits per heavy atom. The van der Waals surface area contributed by atoms with Crippen molar-refractivity contribution in [3.05, 3.63) is 70.0 Å². The fraction of sp³-hybridized carbons (Fsp3) is 0.238. The Morgan fingerprint density at radius 3 is 2.77 bits per heavy atom. The quantitative estimate of drug-likeness (QED) is 0.694. The average molecular weight is 364 g/mol. The minimum absolute atomic E-state index is 0.0867. The van der Waals surface area contributed by atoms with Gasteiger partial charge < -0.3 is 10.1 Å². The summed E-state index contributed by atoms with van der Waals surface area (Å²) >= 11 is 1.73. The van der Waals surface area contributed by atoms with Crippen LogP contribution in [0.4, 0.5) is 0 Å². The van der Waals surface area contributed by atoms with Gasteiger partial charge in [0.05, 0.1) is 17.8 Å². The van der Waals surface area contributed by atoms with E-state index in [1.807, 2.05) is 48.5 Å². The molecule has 3 aromatic rings. The smallest absolute Gasteiger partial charge is 0.251 e. The van der Waals surface area contributed by atoms with Crippen molar-refractivity contribution in [2.45, 2.75) is 25.3 Å². The van der Waals surface area contributed by atoms with Crippen LogP contribution in [0.2, 0.25) is 0 Å². The van der Waals surface area contributed by atoms with E-state index in [1.165, 1.54) is 17.8 Å². The number of amides is 1. The van der Waals surface area contributed by atoms with E-state index >= 15 is 0 Å². The van der Waals surface area contributed by atoms with E-state index in [0.29, 0.717) is 18.0 Å². The number of rotatable bonds is 6. The van der Waals surface area contributed by atoms with Gasteiger partial charge in [-0.05, 0) is 42.7 Å². The van der Waals surface area contributed by atoms with Gasteiger partial charge >= 0.3 is 0 Å². The molecule has 5 heteroatoms. The average Bonchev–Trinajstić information content (AvgIpc) is 3.43. The number of ether oxygens (including phenoxy) is 1. The molecule has 1 amide bonds. The van der Waals surface area contributed by atoms with Crippen LogP contribution in [0.5, 0.6) is 5.75 Å². The van der Waals surface area contributed by atoms with Crippen LogP contribution < -0.4 is 10.1 Å². The first kappa shape index (κ1) is 16.8. The van der Waals surface area contributed by atoms with Crippen molar-refractivity contribution in [3.8, 4) is 17.0 Å². The van der Waals surface area contributed by atoms with E-state index in [2.05, 4.69) is 10.7 Å². The number of methoxy groups -OCH3 is 1. The lowest BCUT2D eigenvalue weighted by Gasteiger charge is -2.07. The van der Waals surface area contributed by atoms with Gasteiger partial charge in [-0.15, -0.1) is 11.3 Å². The lowest BCUT2D eigenvalue weighted by Crippen LogP contribution is -2.22. The number of nitrogens with zero attached hydrogens (tertiary/aromatic N) is 1. The molecule has 0 spiro atoms. The number of aromatic nitrogens is 1. The number of benzene rings is 2. The van der Waals surface area contributed by atoms with Gasteiger partial charge in [0.1, 0.15) is 5.75 Å². The van der Waals surface area contributed by atoms with Gasteiger partial charge in [0.15, 0.2) is 0 Å². The minimum atomic E-state index is -0.0867. The highest BCUT2D eigenvalue weighted by Crippen LogP contribution is 2.42. The van der Waals surface area contributed by atoms with Crippen LogP contribution in [0.1, 0.15) is 39.7 Å². The summed E-state index contributed by atoms with van der Waals surface area (Å²) in [6.45, 7) is 0.467. The fourth-order valence-corrected chi connectivity index (χ4v) is 3.80. The Balaban J connectivity index is 1.39. The molecule has 0 aliphatic heterocycles. The van der Waals surface area contributed by atoms with E-state index in [-0.39, 0.29) is 5.91 Å². The van der Waals surface area contributed by atoms with Crippen LogP contribution in [0.25, 0.3) is 11.3 Å². The molecule has 0 bridgehead atoms. The van der Waals surface area contributed by atoms with Crippen molar-refractivity contribution in [2.75, 3.05) is 7.11 Å². The van der Waals surface area contributed by atoms with Crippen molar-refractivity contribution >= 4 is 17.2 Å². The Kier molecular flexibility index (Phi) is 4.71. The predicted octanol–water partition coefficient (Wildman–Crippen LogP) is 4.63. The monoisotopic (exact) mass is 364 g/mol. The number of carbonyl (C=O) groups is 1. The number of hydrogen-bond acceptors (Lipinski definition) is 4. The molecule has 0 radical (unpaired) electrons. The van der Waals surface area contributed by atoms with Gasteiger partial charge in [0.2, 0.25) is 0 Å². The second kappa shape index (κ2) is 7.30. The van der Waals surface area contributed by atoms with E-state index in [4.69, 9.17) is 9.72 Å². The summed E-state index contributed by atoms with van der Waals surface area (Å²) in [6, 6.07) is 15.3. The molecule has 4 rings (SSSR count). The van der Waals surface area contributed by atoms with E-state index in [0.717, 1.165) is 22.6 Å². The lowest BCUT2D eigenvalue weighted by molar-refractivity contribution is 0.0951. The lowest BCUT2D eigenvalue weighted by atomic mass is 10.1. The highest BCUT2D eigenvalue weighted by molar-refractivity contribution is 7.10. The van der Waals surface area contributed by atoms with Crippen LogP contribution in [0, 0.1) is 0 Å². The van der Waals surface area contributed by atoms with Crippen molar-refractivity contribution in [1.29, 1.82) is 0 Å². The molecular formula is C21H20N2O2S. The van der Waals surface area contributed by atoms with Crippen molar-refractivity contribution in [2.24, 2.45) is 0 Å². The second-order valence-electron chi connectivity index (χ2n) is 6.46. The van der Waals surface area contributed by atoms with Gasteiger partial charge in [-0.2, -0.15) is 0 Å². The molecule has 1 aliphatic carbocycles. The minimum Gasteiger partial charge on any atom is -0.497 e. The largest absolute Gasteiger partial charge is 0.497 e. The topological polar surface area (TPSA) is 51.2 Å². The molecule has 0 saturated heterocycles.